The van der Waals surface area contributed by atoms with Crippen molar-refractivity contribution >= 4 is 49.1 Å². The number of hydrogen-bond donors (Lipinski definition) is 2. The lowest BCUT2D eigenvalue weighted by Crippen LogP contribution is -2.15. The van der Waals surface area contributed by atoms with Crippen LogP contribution < -0.4 is 11.1 Å². The predicted octanol–water partition coefficient (Wildman–Crippen LogP) is 3.16. The van der Waals surface area contributed by atoms with E-state index < -0.39 is 0 Å². The number of halogens is 2. The van der Waals surface area contributed by atoms with Gasteiger partial charge in [0.15, 0.2) is 0 Å². The van der Waals surface area contributed by atoms with Gasteiger partial charge in [-0.25, -0.2) is 0 Å². The summed E-state index contributed by atoms with van der Waals surface area (Å²) in [6.07, 6.45) is 0.330. The van der Waals surface area contributed by atoms with Crippen LogP contribution in [0.2, 0.25) is 0 Å². The van der Waals surface area contributed by atoms with Crippen LogP contribution in [0.5, 0.6) is 0 Å². The van der Waals surface area contributed by atoms with Crippen LogP contribution in [-0.2, 0) is 9.53 Å². The van der Waals surface area contributed by atoms with Crippen molar-refractivity contribution in [2.45, 2.75) is 13.3 Å². The third kappa shape index (κ3) is 4.65. The van der Waals surface area contributed by atoms with E-state index in [0.29, 0.717) is 31.0 Å². The summed E-state index contributed by atoms with van der Waals surface area (Å²) in [6.45, 7) is 2.93. The number of hydrogen-bond acceptors (Lipinski definition) is 3. The maximum Gasteiger partial charge on any atom is 0.226 e. The molecule has 0 unspecified atom stereocenters. The van der Waals surface area contributed by atoms with Crippen LogP contribution in [0.4, 0.5) is 11.4 Å². The average molecular weight is 366 g/mol. The number of nitrogen functional groups attached to an aromatic ring is 1. The molecule has 4 nitrogen and oxygen atoms in total. The Labute approximate surface area is 117 Å². The standard InChI is InChI=1S/C11H14Br2N2O2/c1-2-17-4-3-10(16)15-11-8(12)5-7(14)6-9(11)13/h5-6H,2-4,14H2,1H3,(H,15,16). The van der Waals surface area contributed by atoms with E-state index in [1.807, 2.05) is 6.92 Å². The van der Waals surface area contributed by atoms with Crippen LogP contribution in [0.1, 0.15) is 13.3 Å². The number of benzene rings is 1. The van der Waals surface area contributed by atoms with Gasteiger partial charge in [0.2, 0.25) is 5.91 Å². The second-order valence-electron chi connectivity index (χ2n) is 3.35. The van der Waals surface area contributed by atoms with Crippen molar-refractivity contribution in [1.29, 1.82) is 0 Å². The minimum atomic E-state index is -0.0929. The van der Waals surface area contributed by atoms with Gasteiger partial charge in [-0.3, -0.25) is 4.79 Å². The molecule has 1 amide bonds. The van der Waals surface area contributed by atoms with E-state index in [1.165, 1.54) is 0 Å². The summed E-state index contributed by atoms with van der Waals surface area (Å²) in [4.78, 5) is 11.6. The first-order valence-electron chi connectivity index (χ1n) is 5.16. The summed E-state index contributed by atoms with van der Waals surface area (Å²) in [5, 5.41) is 2.80. The van der Waals surface area contributed by atoms with Gasteiger partial charge in [-0.15, -0.1) is 0 Å². The minimum absolute atomic E-state index is 0.0929. The highest BCUT2D eigenvalue weighted by molar-refractivity contribution is 9.11. The molecule has 0 spiro atoms. The molecule has 0 heterocycles. The van der Waals surface area contributed by atoms with E-state index in [4.69, 9.17) is 10.5 Å². The Morgan fingerprint density at radius 3 is 2.53 bits per heavy atom. The number of amides is 1. The maximum absolute atomic E-state index is 11.6. The number of carbonyl (C=O) groups excluding carboxylic acids is 1. The van der Waals surface area contributed by atoms with Gasteiger partial charge < -0.3 is 15.8 Å². The minimum Gasteiger partial charge on any atom is -0.399 e. The average Bonchev–Trinajstić information content (AvgIpc) is 2.24. The van der Waals surface area contributed by atoms with Crippen LogP contribution in [-0.4, -0.2) is 19.1 Å². The quantitative estimate of drug-likeness (QED) is 0.622. The van der Waals surface area contributed by atoms with Gasteiger partial charge in [0, 0.05) is 21.2 Å². The summed E-state index contributed by atoms with van der Waals surface area (Å²) >= 11 is 6.70. The van der Waals surface area contributed by atoms with Gasteiger partial charge in [-0.05, 0) is 50.9 Å². The first kappa shape index (κ1) is 14.5. The highest BCUT2D eigenvalue weighted by atomic mass is 79.9. The second-order valence-corrected chi connectivity index (χ2v) is 5.06. The first-order chi connectivity index (χ1) is 8.04. The van der Waals surface area contributed by atoms with Crippen molar-refractivity contribution in [2.24, 2.45) is 0 Å². The largest absolute Gasteiger partial charge is 0.399 e. The number of nitrogens with one attached hydrogen (secondary N) is 1. The summed E-state index contributed by atoms with van der Waals surface area (Å²) in [5.41, 5.74) is 6.97. The molecule has 1 aromatic carbocycles. The normalized spacial score (nSPS) is 10.3. The van der Waals surface area contributed by atoms with Crippen LogP contribution >= 0.6 is 31.9 Å². The Bertz CT molecular complexity index is 387. The molecule has 0 aliphatic rings. The Kier molecular flexibility index (Phi) is 5.94. The van der Waals surface area contributed by atoms with Crippen molar-refractivity contribution in [3.05, 3.63) is 21.1 Å². The lowest BCUT2D eigenvalue weighted by atomic mass is 10.3. The van der Waals surface area contributed by atoms with E-state index in [-0.39, 0.29) is 5.91 Å². The van der Waals surface area contributed by atoms with Gasteiger partial charge in [0.1, 0.15) is 0 Å². The first-order valence-corrected chi connectivity index (χ1v) is 6.75. The Morgan fingerprint density at radius 1 is 1.41 bits per heavy atom. The van der Waals surface area contributed by atoms with Crippen molar-refractivity contribution in [3.8, 4) is 0 Å². The number of nitrogens with two attached hydrogens (primary N) is 1. The highest BCUT2D eigenvalue weighted by Crippen LogP contribution is 2.33. The predicted molar refractivity (Wildman–Crippen MR) is 76.0 cm³/mol. The molecule has 0 atom stereocenters. The maximum atomic E-state index is 11.6. The van der Waals surface area contributed by atoms with Crippen molar-refractivity contribution in [2.75, 3.05) is 24.3 Å². The van der Waals surface area contributed by atoms with Gasteiger partial charge in [0.25, 0.3) is 0 Å². The van der Waals surface area contributed by atoms with Gasteiger partial charge in [-0.2, -0.15) is 0 Å². The zero-order valence-electron chi connectivity index (χ0n) is 9.43. The molecule has 94 valence electrons. The van der Waals surface area contributed by atoms with E-state index >= 15 is 0 Å². The lowest BCUT2D eigenvalue weighted by Gasteiger charge is -2.10. The molecule has 6 heteroatoms. The monoisotopic (exact) mass is 364 g/mol. The number of rotatable bonds is 5. The third-order valence-corrected chi connectivity index (χ3v) is 3.26. The summed E-state index contributed by atoms with van der Waals surface area (Å²) in [7, 11) is 0. The molecule has 0 fully saturated rings. The van der Waals surface area contributed by atoms with E-state index in [0.717, 1.165) is 8.95 Å². The van der Waals surface area contributed by atoms with E-state index in [9.17, 15) is 4.79 Å². The smallest absolute Gasteiger partial charge is 0.226 e. The topological polar surface area (TPSA) is 64.3 Å². The number of carbonyl (C=O) groups is 1. The molecule has 0 saturated carbocycles. The fourth-order valence-corrected chi connectivity index (χ4v) is 2.64. The zero-order chi connectivity index (χ0) is 12.8. The molecular formula is C11H14Br2N2O2. The molecule has 17 heavy (non-hydrogen) atoms. The molecular weight excluding hydrogens is 352 g/mol. The highest BCUT2D eigenvalue weighted by Gasteiger charge is 2.10. The van der Waals surface area contributed by atoms with Gasteiger partial charge in [-0.1, -0.05) is 0 Å². The van der Waals surface area contributed by atoms with Gasteiger partial charge in [0.05, 0.1) is 18.7 Å². The molecule has 0 saturated heterocycles. The number of anilines is 2. The van der Waals surface area contributed by atoms with Crippen LogP contribution in [0.15, 0.2) is 21.1 Å². The van der Waals surface area contributed by atoms with Crippen molar-refractivity contribution in [3.63, 3.8) is 0 Å². The third-order valence-electron chi connectivity index (χ3n) is 2.01. The van der Waals surface area contributed by atoms with E-state index in [1.54, 1.807) is 12.1 Å². The fraction of sp³-hybridized carbons (Fsp3) is 0.364. The molecule has 1 rings (SSSR count). The Hall–Kier alpha value is -0.590. The summed E-state index contributed by atoms with van der Waals surface area (Å²) in [5.74, 6) is -0.0929. The fourth-order valence-electron chi connectivity index (χ4n) is 1.22. The SMILES string of the molecule is CCOCCC(=O)Nc1c(Br)cc(N)cc1Br. The van der Waals surface area contributed by atoms with E-state index in [2.05, 4.69) is 37.2 Å². The molecule has 0 aliphatic heterocycles. The molecule has 0 radical (unpaired) electrons. The van der Waals surface area contributed by atoms with Crippen LogP contribution in [0.25, 0.3) is 0 Å². The number of ether oxygens (including phenoxy) is 1. The summed E-state index contributed by atoms with van der Waals surface area (Å²) in [6, 6.07) is 3.48. The molecule has 0 aliphatic carbocycles. The second kappa shape index (κ2) is 6.98. The Balaban J connectivity index is 2.65. The van der Waals surface area contributed by atoms with Crippen molar-refractivity contribution < 1.29 is 9.53 Å². The molecule has 3 N–H and O–H groups in total. The van der Waals surface area contributed by atoms with Gasteiger partial charge >= 0.3 is 0 Å². The zero-order valence-corrected chi connectivity index (χ0v) is 12.6. The van der Waals surface area contributed by atoms with Crippen molar-refractivity contribution in [1.82, 2.24) is 0 Å². The van der Waals surface area contributed by atoms with Crippen LogP contribution in [0, 0.1) is 0 Å². The lowest BCUT2D eigenvalue weighted by molar-refractivity contribution is -0.117. The Morgan fingerprint density at radius 2 is 2.00 bits per heavy atom. The molecule has 1 aromatic rings. The summed E-state index contributed by atoms with van der Waals surface area (Å²) < 4.78 is 6.61. The molecule has 0 aromatic heterocycles. The molecule has 0 bridgehead atoms. The van der Waals surface area contributed by atoms with Crippen LogP contribution in [0.3, 0.4) is 0 Å².